The number of hydrogen-bond acceptors (Lipinski definition) is 3. The number of nitrogens with zero attached hydrogens (tertiary/aromatic N) is 1. The van der Waals surface area contributed by atoms with E-state index in [9.17, 15) is 4.79 Å². The molecule has 0 aromatic heterocycles. The van der Waals surface area contributed by atoms with Crippen molar-refractivity contribution in [1.82, 2.24) is 4.90 Å². The van der Waals surface area contributed by atoms with Crippen molar-refractivity contribution in [1.29, 1.82) is 0 Å². The first-order valence-electron chi connectivity index (χ1n) is 7.40. The lowest BCUT2D eigenvalue weighted by molar-refractivity contribution is 0.0301. The molecule has 1 aliphatic rings. The van der Waals surface area contributed by atoms with Crippen LogP contribution >= 0.6 is 0 Å². The average Bonchev–Trinajstić information content (AvgIpc) is 2.62. The van der Waals surface area contributed by atoms with E-state index in [1.54, 1.807) is 7.11 Å². The van der Waals surface area contributed by atoms with Gasteiger partial charge in [-0.15, -0.1) is 0 Å². The Hall–Kier alpha value is -2.33. The lowest BCUT2D eigenvalue weighted by Gasteiger charge is -2.27. The SMILES string of the molecule is COc1ccc(-c2ccccc2)cc1C(=O)N1CCOCC1. The summed E-state index contributed by atoms with van der Waals surface area (Å²) in [6.07, 6.45) is 0. The number of amides is 1. The van der Waals surface area contributed by atoms with E-state index in [-0.39, 0.29) is 5.91 Å². The third kappa shape index (κ3) is 2.97. The molecule has 0 unspecified atom stereocenters. The first-order chi connectivity index (χ1) is 10.8. The Morgan fingerprint density at radius 2 is 1.77 bits per heavy atom. The Balaban J connectivity index is 1.96. The Bertz CT molecular complexity index is 649. The number of carbonyl (C=O) groups excluding carboxylic acids is 1. The first-order valence-corrected chi connectivity index (χ1v) is 7.40. The van der Waals surface area contributed by atoms with E-state index >= 15 is 0 Å². The van der Waals surface area contributed by atoms with E-state index in [0.717, 1.165) is 11.1 Å². The minimum atomic E-state index is -0.00192. The fourth-order valence-electron chi connectivity index (χ4n) is 2.62. The molecule has 0 aliphatic carbocycles. The Morgan fingerprint density at radius 1 is 1.05 bits per heavy atom. The molecular formula is C18H19NO3. The van der Waals surface area contributed by atoms with Gasteiger partial charge < -0.3 is 14.4 Å². The highest BCUT2D eigenvalue weighted by Gasteiger charge is 2.22. The van der Waals surface area contributed by atoms with E-state index in [2.05, 4.69) is 0 Å². The zero-order chi connectivity index (χ0) is 15.4. The summed E-state index contributed by atoms with van der Waals surface area (Å²) < 4.78 is 10.7. The van der Waals surface area contributed by atoms with Gasteiger partial charge in [-0.2, -0.15) is 0 Å². The molecule has 0 radical (unpaired) electrons. The van der Waals surface area contributed by atoms with Gasteiger partial charge in [0.05, 0.1) is 25.9 Å². The van der Waals surface area contributed by atoms with Crippen molar-refractivity contribution in [2.75, 3.05) is 33.4 Å². The number of morpholine rings is 1. The van der Waals surface area contributed by atoms with Crippen LogP contribution < -0.4 is 4.74 Å². The van der Waals surface area contributed by atoms with Gasteiger partial charge >= 0.3 is 0 Å². The lowest BCUT2D eigenvalue weighted by atomic mass is 10.0. The molecule has 1 aliphatic heterocycles. The van der Waals surface area contributed by atoms with E-state index in [0.29, 0.717) is 37.6 Å². The maximum absolute atomic E-state index is 12.8. The smallest absolute Gasteiger partial charge is 0.257 e. The van der Waals surface area contributed by atoms with Crippen LogP contribution in [0, 0.1) is 0 Å². The number of rotatable bonds is 3. The summed E-state index contributed by atoms with van der Waals surface area (Å²) in [5.74, 6) is 0.606. The van der Waals surface area contributed by atoms with Gasteiger partial charge in [0.1, 0.15) is 5.75 Å². The molecule has 4 nitrogen and oxygen atoms in total. The Morgan fingerprint density at radius 3 is 2.45 bits per heavy atom. The number of methoxy groups -OCH3 is 1. The van der Waals surface area contributed by atoms with E-state index in [4.69, 9.17) is 9.47 Å². The second kappa shape index (κ2) is 6.62. The molecule has 22 heavy (non-hydrogen) atoms. The van der Waals surface area contributed by atoms with Gasteiger partial charge in [0.2, 0.25) is 0 Å². The summed E-state index contributed by atoms with van der Waals surface area (Å²) in [4.78, 5) is 14.6. The fraction of sp³-hybridized carbons (Fsp3) is 0.278. The maximum Gasteiger partial charge on any atom is 0.257 e. The van der Waals surface area contributed by atoms with Crippen LogP contribution in [0.25, 0.3) is 11.1 Å². The van der Waals surface area contributed by atoms with E-state index in [1.165, 1.54) is 0 Å². The molecule has 2 aromatic carbocycles. The van der Waals surface area contributed by atoms with E-state index in [1.807, 2.05) is 53.4 Å². The number of benzene rings is 2. The number of hydrogen-bond donors (Lipinski definition) is 0. The summed E-state index contributed by atoms with van der Waals surface area (Å²) in [5, 5.41) is 0. The Kier molecular flexibility index (Phi) is 4.39. The highest BCUT2D eigenvalue weighted by atomic mass is 16.5. The van der Waals surface area contributed by atoms with Gasteiger partial charge in [0.15, 0.2) is 0 Å². The van der Waals surface area contributed by atoms with Crippen LogP contribution in [0.2, 0.25) is 0 Å². The molecule has 1 heterocycles. The first kappa shape index (κ1) is 14.6. The summed E-state index contributed by atoms with van der Waals surface area (Å²) in [6, 6.07) is 15.8. The molecule has 2 aromatic rings. The van der Waals surface area contributed by atoms with Gasteiger partial charge in [-0.3, -0.25) is 4.79 Å². The molecule has 0 saturated carbocycles. The predicted molar refractivity (Wildman–Crippen MR) is 85.2 cm³/mol. The third-order valence-electron chi connectivity index (χ3n) is 3.84. The zero-order valence-corrected chi connectivity index (χ0v) is 12.6. The highest BCUT2D eigenvalue weighted by Crippen LogP contribution is 2.27. The van der Waals surface area contributed by atoms with Crippen LogP contribution in [-0.2, 0) is 4.74 Å². The topological polar surface area (TPSA) is 38.8 Å². The Labute approximate surface area is 130 Å². The number of carbonyl (C=O) groups is 1. The van der Waals surface area contributed by atoms with Crippen molar-refractivity contribution in [2.24, 2.45) is 0 Å². The van der Waals surface area contributed by atoms with E-state index < -0.39 is 0 Å². The monoisotopic (exact) mass is 297 g/mol. The van der Waals surface area contributed by atoms with Crippen molar-refractivity contribution >= 4 is 5.91 Å². The second-order valence-corrected chi connectivity index (χ2v) is 5.19. The zero-order valence-electron chi connectivity index (χ0n) is 12.6. The number of ether oxygens (including phenoxy) is 2. The molecule has 114 valence electrons. The summed E-state index contributed by atoms with van der Waals surface area (Å²) in [5.41, 5.74) is 2.70. The molecule has 0 spiro atoms. The summed E-state index contributed by atoms with van der Waals surface area (Å²) in [6.45, 7) is 2.42. The van der Waals surface area contributed by atoms with Crippen molar-refractivity contribution in [2.45, 2.75) is 0 Å². The molecule has 1 amide bonds. The third-order valence-corrected chi connectivity index (χ3v) is 3.84. The van der Waals surface area contributed by atoms with Gasteiger partial charge in [0, 0.05) is 13.1 Å². The van der Waals surface area contributed by atoms with Crippen LogP contribution in [0.1, 0.15) is 10.4 Å². The maximum atomic E-state index is 12.8. The molecule has 3 rings (SSSR count). The quantitative estimate of drug-likeness (QED) is 0.874. The fourth-order valence-corrected chi connectivity index (χ4v) is 2.62. The van der Waals surface area contributed by atoms with Crippen LogP contribution in [0.15, 0.2) is 48.5 Å². The van der Waals surface area contributed by atoms with Crippen LogP contribution in [0.5, 0.6) is 5.75 Å². The van der Waals surface area contributed by atoms with Crippen molar-refractivity contribution in [3.05, 3.63) is 54.1 Å². The lowest BCUT2D eigenvalue weighted by Crippen LogP contribution is -2.40. The summed E-state index contributed by atoms with van der Waals surface area (Å²) in [7, 11) is 1.59. The molecule has 0 atom stereocenters. The van der Waals surface area contributed by atoms with Crippen molar-refractivity contribution < 1.29 is 14.3 Å². The molecular weight excluding hydrogens is 278 g/mol. The highest BCUT2D eigenvalue weighted by molar-refractivity contribution is 5.98. The van der Waals surface area contributed by atoms with Crippen molar-refractivity contribution in [3.63, 3.8) is 0 Å². The van der Waals surface area contributed by atoms with Gasteiger partial charge in [-0.05, 0) is 23.3 Å². The van der Waals surface area contributed by atoms with Crippen molar-refractivity contribution in [3.8, 4) is 16.9 Å². The van der Waals surface area contributed by atoms with Crippen LogP contribution in [-0.4, -0.2) is 44.2 Å². The molecule has 1 fully saturated rings. The van der Waals surface area contributed by atoms with Crippen LogP contribution in [0.3, 0.4) is 0 Å². The van der Waals surface area contributed by atoms with Crippen LogP contribution in [0.4, 0.5) is 0 Å². The standard InChI is InChI=1S/C18H19NO3/c1-21-17-8-7-15(14-5-3-2-4-6-14)13-16(17)18(20)19-9-11-22-12-10-19/h2-8,13H,9-12H2,1H3. The largest absolute Gasteiger partial charge is 0.496 e. The van der Waals surface area contributed by atoms with Gasteiger partial charge in [0.25, 0.3) is 5.91 Å². The summed E-state index contributed by atoms with van der Waals surface area (Å²) >= 11 is 0. The molecule has 4 heteroatoms. The minimum absolute atomic E-state index is 0.00192. The second-order valence-electron chi connectivity index (χ2n) is 5.19. The molecule has 1 saturated heterocycles. The predicted octanol–water partition coefficient (Wildman–Crippen LogP) is 2.83. The normalized spacial score (nSPS) is 14.7. The minimum Gasteiger partial charge on any atom is -0.496 e. The van der Waals surface area contributed by atoms with Gasteiger partial charge in [-0.1, -0.05) is 36.4 Å². The van der Waals surface area contributed by atoms with Gasteiger partial charge in [-0.25, -0.2) is 0 Å². The average molecular weight is 297 g/mol. The molecule has 0 bridgehead atoms. The molecule has 0 N–H and O–H groups in total.